The number of benzene rings is 2. The largest absolute Gasteiger partial charge is 0.494 e. The fraction of sp³-hybridized carbons (Fsp3) is 0.227. The number of thiocarbonyl (C=S) groups is 1. The van der Waals surface area contributed by atoms with Gasteiger partial charge in [0, 0.05) is 18.4 Å². The fourth-order valence-electron chi connectivity index (χ4n) is 3.59. The van der Waals surface area contributed by atoms with E-state index in [0.29, 0.717) is 18.0 Å². The first-order valence-corrected chi connectivity index (χ1v) is 9.98. The number of para-hydroxylation sites is 1. The summed E-state index contributed by atoms with van der Waals surface area (Å²) in [6.07, 6.45) is 3.58. The minimum atomic E-state index is -0.481. The second kappa shape index (κ2) is 8.05. The molecule has 1 saturated heterocycles. The monoisotopic (exact) mass is 407 g/mol. The Morgan fingerprint density at radius 1 is 1.14 bits per heavy atom. The average Bonchev–Trinajstić information content (AvgIpc) is 2.72. The number of nitrogens with one attached hydrogen (secondary N) is 1. The van der Waals surface area contributed by atoms with Crippen LogP contribution in [0.5, 0.6) is 5.75 Å². The van der Waals surface area contributed by atoms with Crippen LogP contribution in [0.25, 0.3) is 0 Å². The number of carbonyl (C=O) groups is 2. The van der Waals surface area contributed by atoms with Crippen molar-refractivity contribution in [3.05, 3.63) is 65.9 Å². The van der Waals surface area contributed by atoms with E-state index < -0.39 is 11.8 Å². The Labute approximate surface area is 174 Å². The van der Waals surface area contributed by atoms with Crippen LogP contribution in [0.3, 0.4) is 0 Å². The summed E-state index contributed by atoms with van der Waals surface area (Å²) in [6, 6.07) is 15.1. The molecule has 0 saturated carbocycles. The third-order valence-electron chi connectivity index (χ3n) is 4.94. The lowest BCUT2D eigenvalue weighted by Gasteiger charge is -2.32. The van der Waals surface area contributed by atoms with Crippen molar-refractivity contribution in [2.75, 3.05) is 23.0 Å². The summed E-state index contributed by atoms with van der Waals surface area (Å²) in [5, 5.41) is 2.70. The molecule has 0 radical (unpaired) electrons. The molecule has 6 nitrogen and oxygen atoms in total. The Balaban J connectivity index is 1.66. The molecule has 2 aromatic carbocycles. The fourth-order valence-corrected chi connectivity index (χ4v) is 3.87. The Kier molecular flexibility index (Phi) is 5.31. The Morgan fingerprint density at radius 2 is 1.90 bits per heavy atom. The number of fused-ring (bicyclic) bond motifs is 1. The van der Waals surface area contributed by atoms with Crippen LogP contribution in [0.15, 0.2) is 60.3 Å². The first-order chi connectivity index (χ1) is 14.1. The Morgan fingerprint density at radius 3 is 2.66 bits per heavy atom. The average molecular weight is 407 g/mol. The van der Waals surface area contributed by atoms with Crippen LogP contribution in [0.2, 0.25) is 0 Å². The van der Waals surface area contributed by atoms with Crippen LogP contribution in [0, 0.1) is 0 Å². The lowest BCUT2D eigenvalue weighted by Crippen LogP contribution is -2.54. The summed E-state index contributed by atoms with van der Waals surface area (Å²) in [6.45, 7) is 3.21. The van der Waals surface area contributed by atoms with Crippen LogP contribution < -0.4 is 19.9 Å². The SMILES string of the molecule is CCOc1ccc(N2C(=O)C(=CN3CCCc4ccccc43)C(=O)NC2=S)cc1. The van der Waals surface area contributed by atoms with Crippen molar-refractivity contribution in [2.45, 2.75) is 19.8 Å². The van der Waals surface area contributed by atoms with Crippen molar-refractivity contribution < 1.29 is 14.3 Å². The highest BCUT2D eigenvalue weighted by atomic mass is 32.1. The normalized spacial score (nSPS) is 18.0. The molecule has 0 spiro atoms. The maximum absolute atomic E-state index is 13.2. The van der Waals surface area contributed by atoms with Crippen molar-refractivity contribution in [2.24, 2.45) is 0 Å². The van der Waals surface area contributed by atoms with Gasteiger partial charge in [-0.3, -0.25) is 19.8 Å². The number of amides is 2. The number of nitrogens with zero attached hydrogens (tertiary/aromatic N) is 2. The highest BCUT2D eigenvalue weighted by molar-refractivity contribution is 7.80. The summed E-state index contributed by atoms with van der Waals surface area (Å²) in [7, 11) is 0. The van der Waals surface area contributed by atoms with E-state index in [1.54, 1.807) is 30.5 Å². The van der Waals surface area contributed by atoms with Gasteiger partial charge in [-0.05, 0) is 67.9 Å². The summed E-state index contributed by atoms with van der Waals surface area (Å²) in [5.74, 6) is -0.215. The molecular weight excluding hydrogens is 386 g/mol. The van der Waals surface area contributed by atoms with Crippen LogP contribution in [-0.2, 0) is 16.0 Å². The van der Waals surface area contributed by atoms with Gasteiger partial charge in [0.2, 0.25) is 0 Å². The molecule has 0 aliphatic carbocycles. The van der Waals surface area contributed by atoms with Crippen LogP contribution in [-0.4, -0.2) is 30.1 Å². The number of hydrogen-bond acceptors (Lipinski definition) is 5. The molecule has 2 aliphatic rings. The summed E-state index contributed by atoms with van der Waals surface area (Å²) < 4.78 is 5.45. The number of anilines is 2. The number of carbonyl (C=O) groups excluding carboxylic acids is 2. The van der Waals surface area contributed by atoms with E-state index in [-0.39, 0.29) is 10.7 Å². The second-order valence-electron chi connectivity index (χ2n) is 6.80. The number of rotatable bonds is 4. The van der Waals surface area contributed by atoms with E-state index in [2.05, 4.69) is 11.4 Å². The van der Waals surface area contributed by atoms with E-state index in [0.717, 1.165) is 25.1 Å². The van der Waals surface area contributed by atoms with E-state index in [4.69, 9.17) is 17.0 Å². The summed E-state index contributed by atoms with van der Waals surface area (Å²) in [4.78, 5) is 29.1. The van der Waals surface area contributed by atoms with Gasteiger partial charge in [0.25, 0.3) is 11.8 Å². The van der Waals surface area contributed by atoms with Gasteiger partial charge in [-0.2, -0.15) is 0 Å². The molecular formula is C22H21N3O3S. The van der Waals surface area contributed by atoms with Crippen LogP contribution >= 0.6 is 12.2 Å². The molecule has 0 unspecified atom stereocenters. The molecule has 7 heteroatoms. The van der Waals surface area contributed by atoms with Crippen molar-refractivity contribution in [3.63, 3.8) is 0 Å². The molecule has 2 aromatic rings. The molecule has 2 aliphatic heterocycles. The van der Waals surface area contributed by atoms with Gasteiger partial charge in [-0.1, -0.05) is 18.2 Å². The third-order valence-corrected chi connectivity index (χ3v) is 5.22. The van der Waals surface area contributed by atoms with E-state index >= 15 is 0 Å². The Bertz CT molecular complexity index is 1000. The molecule has 4 rings (SSSR count). The quantitative estimate of drug-likeness (QED) is 0.479. The minimum absolute atomic E-state index is 0.0594. The smallest absolute Gasteiger partial charge is 0.271 e. The van der Waals surface area contributed by atoms with Crippen molar-refractivity contribution in [3.8, 4) is 5.75 Å². The highest BCUT2D eigenvalue weighted by Crippen LogP contribution is 2.29. The van der Waals surface area contributed by atoms with Crippen LogP contribution in [0.1, 0.15) is 18.9 Å². The topological polar surface area (TPSA) is 61.9 Å². The summed E-state index contributed by atoms with van der Waals surface area (Å²) >= 11 is 5.27. The van der Waals surface area contributed by atoms with Gasteiger partial charge < -0.3 is 9.64 Å². The van der Waals surface area contributed by atoms with Crippen molar-refractivity contribution in [1.29, 1.82) is 0 Å². The molecule has 1 N–H and O–H groups in total. The van der Waals surface area contributed by atoms with Gasteiger partial charge >= 0.3 is 0 Å². The lowest BCUT2D eigenvalue weighted by molar-refractivity contribution is -0.122. The number of ether oxygens (including phenoxy) is 1. The lowest BCUT2D eigenvalue weighted by atomic mass is 10.0. The van der Waals surface area contributed by atoms with Gasteiger partial charge in [-0.25, -0.2) is 0 Å². The number of aryl methyl sites for hydroxylation is 1. The summed E-state index contributed by atoms with van der Waals surface area (Å²) in [5.41, 5.74) is 2.86. The van der Waals surface area contributed by atoms with Crippen molar-refractivity contribution in [1.82, 2.24) is 5.32 Å². The molecule has 148 valence electrons. The molecule has 29 heavy (non-hydrogen) atoms. The zero-order valence-electron chi connectivity index (χ0n) is 16.1. The van der Waals surface area contributed by atoms with Gasteiger partial charge in [0.1, 0.15) is 11.3 Å². The standard InChI is InChI=1S/C22H21N3O3S/c1-2-28-17-11-9-16(10-12-17)25-21(27)18(20(26)23-22(25)29)14-24-13-5-7-15-6-3-4-8-19(15)24/h3-4,6,8-12,14H,2,5,7,13H2,1H3,(H,23,26,29). The van der Waals surface area contributed by atoms with E-state index in [1.807, 2.05) is 30.0 Å². The number of hydrogen-bond donors (Lipinski definition) is 1. The first kappa shape index (κ1) is 19.1. The predicted octanol–water partition coefficient (Wildman–Crippen LogP) is 3.17. The van der Waals surface area contributed by atoms with Gasteiger partial charge in [0.05, 0.1) is 12.3 Å². The molecule has 1 fully saturated rings. The van der Waals surface area contributed by atoms with Crippen LogP contribution in [0.4, 0.5) is 11.4 Å². The van der Waals surface area contributed by atoms with Crippen molar-refractivity contribution >= 4 is 40.5 Å². The molecule has 0 bridgehead atoms. The molecule has 2 amide bonds. The van der Waals surface area contributed by atoms with E-state index in [9.17, 15) is 9.59 Å². The predicted molar refractivity (Wildman–Crippen MR) is 116 cm³/mol. The molecule has 2 heterocycles. The maximum Gasteiger partial charge on any atom is 0.271 e. The minimum Gasteiger partial charge on any atom is -0.494 e. The van der Waals surface area contributed by atoms with Gasteiger partial charge in [-0.15, -0.1) is 0 Å². The maximum atomic E-state index is 13.2. The Hall–Kier alpha value is -3.19. The van der Waals surface area contributed by atoms with Gasteiger partial charge in [0.15, 0.2) is 5.11 Å². The molecule has 0 aromatic heterocycles. The first-order valence-electron chi connectivity index (χ1n) is 9.57. The zero-order valence-corrected chi connectivity index (χ0v) is 16.9. The zero-order chi connectivity index (χ0) is 20.4. The van der Waals surface area contributed by atoms with E-state index in [1.165, 1.54) is 10.5 Å². The second-order valence-corrected chi connectivity index (χ2v) is 7.18. The molecule has 0 atom stereocenters. The highest BCUT2D eigenvalue weighted by Gasteiger charge is 2.35. The third kappa shape index (κ3) is 3.73.